The van der Waals surface area contributed by atoms with Crippen molar-refractivity contribution in [2.45, 2.75) is 0 Å². The minimum atomic E-state index is 0.621. The summed E-state index contributed by atoms with van der Waals surface area (Å²) in [6.45, 7) is 0. The quantitative estimate of drug-likeness (QED) is 0.439. The number of imidazole rings is 1. The van der Waals surface area contributed by atoms with Crippen LogP contribution < -0.4 is 0 Å². The summed E-state index contributed by atoms with van der Waals surface area (Å²) in [5, 5.41) is 14.2. The van der Waals surface area contributed by atoms with Crippen molar-refractivity contribution in [3.8, 4) is 33.9 Å². The monoisotopic (exact) mass is 368 g/mol. The zero-order valence-corrected chi connectivity index (χ0v) is 14.3. The van der Waals surface area contributed by atoms with Gasteiger partial charge in [-0.2, -0.15) is 10.2 Å². The number of hydrogen-bond donors (Lipinski definition) is 3. The van der Waals surface area contributed by atoms with Gasteiger partial charge in [0, 0.05) is 29.1 Å². The molecule has 0 spiro atoms. The molecule has 0 aromatic carbocycles. The molecule has 0 atom stereocenters. The van der Waals surface area contributed by atoms with Gasteiger partial charge in [-0.15, -0.1) is 0 Å². The number of furan rings is 1. The fourth-order valence-corrected chi connectivity index (χ4v) is 3.29. The second-order valence-electron chi connectivity index (χ2n) is 6.33. The molecule has 28 heavy (non-hydrogen) atoms. The van der Waals surface area contributed by atoms with Gasteiger partial charge in [0.05, 0.1) is 41.6 Å². The summed E-state index contributed by atoms with van der Waals surface area (Å²) in [5.41, 5.74) is 7.35. The lowest BCUT2D eigenvalue weighted by molar-refractivity contribution is 0.568. The number of aromatic nitrogens is 8. The van der Waals surface area contributed by atoms with Crippen LogP contribution in [0, 0.1) is 0 Å². The van der Waals surface area contributed by atoms with Crippen molar-refractivity contribution in [3.63, 3.8) is 0 Å². The Morgan fingerprint density at radius 3 is 2.75 bits per heavy atom. The van der Waals surface area contributed by atoms with Crippen molar-refractivity contribution < 1.29 is 4.42 Å². The first kappa shape index (κ1) is 14.9. The Morgan fingerprint density at radius 1 is 0.893 bits per heavy atom. The lowest BCUT2D eigenvalue weighted by Crippen LogP contribution is -1.86. The van der Waals surface area contributed by atoms with Gasteiger partial charge in [-0.05, 0) is 18.2 Å². The molecule has 9 heteroatoms. The molecule has 0 fully saturated rings. The van der Waals surface area contributed by atoms with Crippen molar-refractivity contribution in [2.24, 2.45) is 0 Å². The molecule has 0 aliphatic heterocycles. The van der Waals surface area contributed by atoms with E-state index >= 15 is 0 Å². The summed E-state index contributed by atoms with van der Waals surface area (Å²) < 4.78 is 5.20. The van der Waals surface area contributed by atoms with E-state index in [1.54, 1.807) is 37.3 Å². The van der Waals surface area contributed by atoms with Crippen LogP contribution in [0.2, 0.25) is 0 Å². The highest BCUT2D eigenvalue weighted by Crippen LogP contribution is 2.31. The molecule has 9 nitrogen and oxygen atoms in total. The molecule has 134 valence electrons. The molecule has 6 heterocycles. The number of pyridine rings is 2. The van der Waals surface area contributed by atoms with Crippen LogP contribution in [0.1, 0.15) is 0 Å². The zero-order chi connectivity index (χ0) is 18.5. The van der Waals surface area contributed by atoms with Gasteiger partial charge in [-0.25, -0.2) is 9.97 Å². The van der Waals surface area contributed by atoms with Gasteiger partial charge in [0.2, 0.25) is 0 Å². The normalized spacial score (nSPS) is 11.6. The molecule has 0 radical (unpaired) electrons. The fourth-order valence-electron chi connectivity index (χ4n) is 3.29. The van der Waals surface area contributed by atoms with Crippen LogP contribution in [0.5, 0.6) is 0 Å². The summed E-state index contributed by atoms with van der Waals surface area (Å²) >= 11 is 0. The molecule has 0 unspecified atom stereocenters. The number of fused-ring (bicyclic) bond motifs is 2. The summed E-state index contributed by atoms with van der Waals surface area (Å²) in [6, 6.07) is 5.75. The van der Waals surface area contributed by atoms with Crippen molar-refractivity contribution >= 4 is 22.1 Å². The van der Waals surface area contributed by atoms with Crippen molar-refractivity contribution in [3.05, 3.63) is 55.5 Å². The van der Waals surface area contributed by atoms with Crippen LogP contribution in [-0.4, -0.2) is 40.3 Å². The topological polar surface area (TPSA) is 125 Å². The Balaban J connectivity index is 1.55. The molecule has 0 aliphatic rings. The molecule has 0 bridgehead atoms. The predicted octanol–water partition coefficient (Wildman–Crippen LogP) is 3.55. The molecule has 0 amide bonds. The average Bonchev–Trinajstić information content (AvgIpc) is 3.53. The first-order chi connectivity index (χ1) is 13.9. The highest BCUT2D eigenvalue weighted by atomic mass is 16.3. The number of nitrogens with one attached hydrogen (secondary N) is 3. The van der Waals surface area contributed by atoms with E-state index in [0.717, 1.165) is 44.5 Å². The van der Waals surface area contributed by atoms with Gasteiger partial charge in [0.1, 0.15) is 11.0 Å². The highest BCUT2D eigenvalue weighted by Gasteiger charge is 2.17. The van der Waals surface area contributed by atoms with Crippen LogP contribution in [0.3, 0.4) is 0 Å². The lowest BCUT2D eigenvalue weighted by Gasteiger charge is -1.97. The maximum Gasteiger partial charge on any atom is 0.161 e. The SMILES string of the molecule is c1cc(-c2cncc3[nH]c(-c4n[nH]c5ccc(-c6cn[nH]c6)nc45)nc23)co1. The number of H-pyrrole nitrogens is 3. The van der Waals surface area contributed by atoms with Crippen LogP contribution in [0.15, 0.2) is 59.9 Å². The Kier molecular flexibility index (Phi) is 2.98. The van der Waals surface area contributed by atoms with E-state index in [1.165, 1.54) is 0 Å². The van der Waals surface area contributed by atoms with Gasteiger partial charge in [-0.3, -0.25) is 15.2 Å². The van der Waals surface area contributed by atoms with Gasteiger partial charge < -0.3 is 9.40 Å². The Bertz CT molecular complexity index is 1410. The summed E-state index contributed by atoms with van der Waals surface area (Å²) in [7, 11) is 0. The van der Waals surface area contributed by atoms with Gasteiger partial charge in [-0.1, -0.05) is 0 Å². The van der Waals surface area contributed by atoms with Crippen LogP contribution in [0.25, 0.3) is 56.0 Å². The van der Waals surface area contributed by atoms with E-state index in [0.29, 0.717) is 11.5 Å². The van der Waals surface area contributed by atoms with Gasteiger partial charge in [0.25, 0.3) is 0 Å². The average molecular weight is 368 g/mol. The molecule has 6 aromatic heterocycles. The maximum absolute atomic E-state index is 5.20. The van der Waals surface area contributed by atoms with E-state index in [2.05, 4.69) is 30.4 Å². The van der Waals surface area contributed by atoms with Crippen LogP contribution in [-0.2, 0) is 0 Å². The molecule has 6 rings (SSSR count). The third-order valence-electron chi connectivity index (χ3n) is 4.65. The van der Waals surface area contributed by atoms with Crippen molar-refractivity contribution in [1.29, 1.82) is 0 Å². The van der Waals surface area contributed by atoms with E-state index < -0.39 is 0 Å². The van der Waals surface area contributed by atoms with Gasteiger partial charge >= 0.3 is 0 Å². The third-order valence-corrected chi connectivity index (χ3v) is 4.65. The number of hydrogen-bond acceptors (Lipinski definition) is 6. The summed E-state index contributed by atoms with van der Waals surface area (Å²) in [5.74, 6) is 0.621. The van der Waals surface area contributed by atoms with Gasteiger partial charge in [0.15, 0.2) is 11.5 Å². The molecule has 0 saturated heterocycles. The predicted molar refractivity (Wildman–Crippen MR) is 102 cm³/mol. The number of aromatic amines is 3. The van der Waals surface area contributed by atoms with E-state index in [-0.39, 0.29) is 0 Å². The standard InChI is InChI=1S/C19H12N8O/c1-2-14-17(23-13(1)11-5-21-22-6-11)18(27-26-14)19-24-15-8-20-7-12(16(15)25-19)10-3-4-28-9-10/h1-9H,(H,21,22)(H,24,25)(H,26,27). The molecule has 0 saturated carbocycles. The first-order valence-corrected chi connectivity index (χ1v) is 8.58. The van der Waals surface area contributed by atoms with E-state index in [9.17, 15) is 0 Å². The van der Waals surface area contributed by atoms with E-state index in [4.69, 9.17) is 14.4 Å². The second-order valence-corrected chi connectivity index (χ2v) is 6.33. The zero-order valence-electron chi connectivity index (χ0n) is 14.3. The number of nitrogens with zero attached hydrogens (tertiary/aromatic N) is 5. The minimum Gasteiger partial charge on any atom is -0.472 e. The highest BCUT2D eigenvalue weighted by molar-refractivity contribution is 5.95. The lowest BCUT2D eigenvalue weighted by atomic mass is 10.1. The van der Waals surface area contributed by atoms with E-state index in [1.807, 2.05) is 18.2 Å². The minimum absolute atomic E-state index is 0.621. The third kappa shape index (κ3) is 2.16. The first-order valence-electron chi connectivity index (χ1n) is 8.58. The number of rotatable bonds is 3. The van der Waals surface area contributed by atoms with Crippen LogP contribution in [0.4, 0.5) is 0 Å². The largest absolute Gasteiger partial charge is 0.472 e. The Labute approximate surface area is 156 Å². The Hall–Kier alpha value is -4.27. The molecule has 3 N–H and O–H groups in total. The van der Waals surface area contributed by atoms with Crippen LogP contribution >= 0.6 is 0 Å². The summed E-state index contributed by atoms with van der Waals surface area (Å²) in [6.07, 6.45) is 10.4. The smallest absolute Gasteiger partial charge is 0.161 e. The molecular formula is C19H12N8O. The maximum atomic E-state index is 5.20. The van der Waals surface area contributed by atoms with Crippen molar-refractivity contribution in [1.82, 2.24) is 40.3 Å². The molecule has 0 aliphatic carbocycles. The molecule has 6 aromatic rings. The summed E-state index contributed by atoms with van der Waals surface area (Å²) in [4.78, 5) is 17.1. The molecular weight excluding hydrogens is 356 g/mol. The Morgan fingerprint density at radius 2 is 1.89 bits per heavy atom. The van der Waals surface area contributed by atoms with Crippen molar-refractivity contribution in [2.75, 3.05) is 0 Å². The fraction of sp³-hybridized carbons (Fsp3) is 0. The second kappa shape index (κ2) is 5.61.